The van der Waals surface area contributed by atoms with Crippen LogP contribution in [0.2, 0.25) is 0 Å². The van der Waals surface area contributed by atoms with Crippen LogP contribution in [0, 0.1) is 0 Å². The first-order chi connectivity index (χ1) is 12.6. The Labute approximate surface area is 152 Å². The molecule has 6 heteroatoms. The van der Waals surface area contributed by atoms with Crippen molar-refractivity contribution in [3.63, 3.8) is 0 Å². The molecule has 0 aliphatic carbocycles. The Hall–Kier alpha value is -2.86. The van der Waals surface area contributed by atoms with Crippen molar-refractivity contribution >= 4 is 11.8 Å². The highest BCUT2D eigenvalue weighted by Crippen LogP contribution is 2.19. The molecule has 136 valence electrons. The van der Waals surface area contributed by atoms with Crippen LogP contribution in [-0.2, 0) is 6.61 Å². The Bertz CT molecular complexity index is 800. The Morgan fingerprint density at radius 1 is 1.23 bits per heavy atom. The summed E-state index contributed by atoms with van der Waals surface area (Å²) in [6.45, 7) is 2.02. The third-order valence-corrected chi connectivity index (χ3v) is 4.62. The van der Waals surface area contributed by atoms with Crippen molar-refractivity contribution in [3.8, 4) is 5.75 Å². The number of benzene rings is 2. The smallest absolute Gasteiger partial charge is 0.253 e. The Kier molecular flexibility index (Phi) is 5.53. The molecule has 6 nitrogen and oxygen atoms in total. The zero-order valence-corrected chi connectivity index (χ0v) is 14.8. The molecule has 2 aromatic rings. The molecule has 1 aliphatic rings. The van der Waals surface area contributed by atoms with Crippen molar-refractivity contribution < 1.29 is 14.3 Å². The third kappa shape index (κ3) is 4.03. The molecule has 1 saturated heterocycles. The maximum Gasteiger partial charge on any atom is 0.253 e. The van der Waals surface area contributed by atoms with Crippen LogP contribution in [0.5, 0.6) is 5.75 Å². The van der Waals surface area contributed by atoms with Gasteiger partial charge in [0.2, 0.25) is 0 Å². The van der Waals surface area contributed by atoms with Gasteiger partial charge in [0.15, 0.2) is 0 Å². The van der Waals surface area contributed by atoms with E-state index in [1.54, 1.807) is 29.2 Å². The summed E-state index contributed by atoms with van der Waals surface area (Å²) < 4.78 is 5.74. The summed E-state index contributed by atoms with van der Waals surface area (Å²) in [6.07, 6.45) is 0.967. The van der Waals surface area contributed by atoms with Crippen molar-refractivity contribution in [2.45, 2.75) is 19.1 Å². The number of nitrogens with two attached hydrogens (primary N) is 1. The Morgan fingerprint density at radius 3 is 2.77 bits per heavy atom. The molecule has 0 aromatic heterocycles. The van der Waals surface area contributed by atoms with Gasteiger partial charge in [-0.3, -0.25) is 9.59 Å². The molecule has 3 N–H and O–H groups in total. The first-order valence-electron chi connectivity index (χ1n) is 8.64. The summed E-state index contributed by atoms with van der Waals surface area (Å²) in [5.41, 5.74) is 7.19. The Morgan fingerprint density at radius 2 is 2.04 bits per heavy atom. The van der Waals surface area contributed by atoms with E-state index in [-0.39, 0.29) is 18.6 Å². The summed E-state index contributed by atoms with van der Waals surface area (Å²) in [5.74, 6) is -0.0970. The fourth-order valence-electron chi connectivity index (χ4n) is 3.09. The van der Waals surface area contributed by atoms with Gasteiger partial charge in [-0.25, -0.2) is 0 Å². The lowest BCUT2D eigenvalue weighted by Gasteiger charge is -2.24. The molecule has 2 amide bonds. The lowest BCUT2D eigenvalue weighted by atomic mass is 10.1. The van der Waals surface area contributed by atoms with Gasteiger partial charge in [0.1, 0.15) is 12.4 Å². The number of hydrogen-bond acceptors (Lipinski definition) is 4. The molecule has 0 spiro atoms. The van der Waals surface area contributed by atoms with Crippen LogP contribution in [0.25, 0.3) is 0 Å². The molecule has 2 aromatic carbocycles. The molecule has 1 atom stereocenters. The average molecular weight is 353 g/mol. The first-order valence-corrected chi connectivity index (χ1v) is 8.64. The number of hydrogen-bond donors (Lipinski definition) is 2. The molecule has 1 heterocycles. The van der Waals surface area contributed by atoms with Crippen LogP contribution in [0.15, 0.2) is 48.5 Å². The second-order valence-electron chi connectivity index (χ2n) is 6.41. The number of carbonyl (C=O) groups excluding carboxylic acids is 2. The van der Waals surface area contributed by atoms with Crippen molar-refractivity contribution in [2.24, 2.45) is 5.73 Å². The summed E-state index contributed by atoms with van der Waals surface area (Å²) >= 11 is 0. The van der Waals surface area contributed by atoms with E-state index in [9.17, 15) is 9.59 Å². The van der Waals surface area contributed by atoms with Crippen LogP contribution in [0.1, 0.15) is 32.7 Å². The van der Waals surface area contributed by atoms with Crippen molar-refractivity contribution in [1.29, 1.82) is 0 Å². The van der Waals surface area contributed by atoms with E-state index in [0.717, 1.165) is 25.1 Å². The normalized spacial score (nSPS) is 16.3. The van der Waals surface area contributed by atoms with Gasteiger partial charge in [0.25, 0.3) is 11.8 Å². The van der Waals surface area contributed by atoms with E-state index in [2.05, 4.69) is 5.32 Å². The largest absolute Gasteiger partial charge is 0.488 e. The van der Waals surface area contributed by atoms with Crippen molar-refractivity contribution in [1.82, 2.24) is 10.2 Å². The number of nitrogens with one attached hydrogen (secondary N) is 1. The molecule has 0 bridgehead atoms. The van der Waals surface area contributed by atoms with Crippen LogP contribution >= 0.6 is 0 Å². The van der Waals surface area contributed by atoms with E-state index in [4.69, 9.17) is 10.5 Å². The molecule has 0 saturated carbocycles. The van der Waals surface area contributed by atoms with Gasteiger partial charge < -0.3 is 20.7 Å². The maximum atomic E-state index is 12.7. The predicted octanol–water partition coefficient (Wildman–Crippen LogP) is 1.80. The highest BCUT2D eigenvalue weighted by Gasteiger charge is 2.24. The van der Waals surface area contributed by atoms with E-state index >= 15 is 0 Å². The van der Waals surface area contributed by atoms with Crippen LogP contribution in [0.4, 0.5) is 0 Å². The number of likely N-dealkylation sites (N-methyl/N-ethyl adjacent to an activating group) is 1. The summed E-state index contributed by atoms with van der Waals surface area (Å²) in [7, 11) is 1.84. The highest BCUT2D eigenvalue weighted by molar-refractivity contribution is 5.95. The minimum atomic E-state index is -0.531. The topological polar surface area (TPSA) is 84.7 Å². The quantitative estimate of drug-likeness (QED) is 0.829. The molecule has 1 aliphatic heterocycles. The maximum absolute atomic E-state index is 12.7. The van der Waals surface area contributed by atoms with Gasteiger partial charge in [0.05, 0.1) is 5.56 Å². The minimum absolute atomic E-state index is 0.00177. The first kappa shape index (κ1) is 17.9. The number of carbonyl (C=O) groups is 2. The molecule has 0 radical (unpaired) electrons. The van der Waals surface area contributed by atoms with E-state index in [0.29, 0.717) is 16.9 Å². The zero-order valence-electron chi connectivity index (χ0n) is 14.8. The van der Waals surface area contributed by atoms with E-state index in [1.807, 2.05) is 31.3 Å². The van der Waals surface area contributed by atoms with E-state index < -0.39 is 5.91 Å². The second kappa shape index (κ2) is 8.01. The lowest BCUT2D eigenvalue weighted by Crippen LogP contribution is -2.38. The van der Waals surface area contributed by atoms with Gasteiger partial charge in [-0.05, 0) is 42.8 Å². The summed E-state index contributed by atoms with van der Waals surface area (Å²) in [4.78, 5) is 26.0. The standard InChI is InChI=1S/C20H23N3O3/c1-23(16-9-10-22-12-16)20(25)15-6-4-5-14(11-15)13-26-18-8-3-2-7-17(18)19(21)24/h2-8,11,16,22H,9-10,12-13H2,1H3,(H2,21,24)/t16-/m1/s1. The number of para-hydroxylation sites is 1. The van der Waals surface area contributed by atoms with Gasteiger partial charge in [-0.2, -0.15) is 0 Å². The van der Waals surface area contributed by atoms with E-state index in [1.165, 1.54) is 0 Å². The van der Waals surface area contributed by atoms with Crippen LogP contribution < -0.4 is 15.8 Å². The van der Waals surface area contributed by atoms with Crippen LogP contribution in [-0.4, -0.2) is 42.9 Å². The molecule has 0 unspecified atom stereocenters. The van der Waals surface area contributed by atoms with Gasteiger partial charge in [0, 0.05) is 25.2 Å². The zero-order chi connectivity index (χ0) is 18.5. The number of rotatable bonds is 6. The van der Waals surface area contributed by atoms with Crippen molar-refractivity contribution in [2.75, 3.05) is 20.1 Å². The molecule has 1 fully saturated rings. The van der Waals surface area contributed by atoms with Gasteiger partial charge in [-0.1, -0.05) is 24.3 Å². The van der Waals surface area contributed by atoms with Crippen LogP contribution in [0.3, 0.4) is 0 Å². The molecule has 26 heavy (non-hydrogen) atoms. The van der Waals surface area contributed by atoms with Crippen molar-refractivity contribution in [3.05, 3.63) is 65.2 Å². The molecular weight excluding hydrogens is 330 g/mol. The Balaban J connectivity index is 1.70. The molecule has 3 rings (SSSR count). The molecular formula is C20H23N3O3. The fourth-order valence-corrected chi connectivity index (χ4v) is 3.09. The second-order valence-corrected chi connectivity index (χ2v) is 6.41. The average Bonchev–Trinajstić information content (AvgIpc) is 3.20. The predicted molar refractivity (Wildman–Crippen MR) is 99.1 cm³/mol. The summed E-state index contributed by atoms with van der Waals surface area (Å²) in [5, 5.41) is 3.27. The van der Waals surface area contributed by atoms with Gasteiger partial charge >= 0.3 is 0 Å². The lowest BCUT2D eigenvalue weighted by molar-refractivity contribution is 0.0743. The third-order valence-electron chi connectivity index (χ3n) is 4.62. The number of nitrogens with zero attached hydrogens (tertiary/aromatic N) is 1. The summed E-state index contributed by atoms with van der Waals surface area (Å²) in [6, 6.07) is 14.4. The monoisotopic (exact) mass is 353 g/mol. The SMILES string of the molecule is CN(C(=O)c1cccc(COc2ccccc2C(N)=O)c1)[C@@H]1CCNC1. The number of ether oxygens (including phenoxy) is 1. The number of amides is 2. The fraction of sp³-hybridized carbons (Fsp3) is 0.300. The minimum Gasteiger partial charge on any atom is -0.488 e. The van der Waals surface area contributed by atoms with Gasteiger partial charge in [-0.15, -0.1) is 0 Å². The number of primary amides is 1. The highest BCUT2D eigenvalue weighted by atomic mass is 16.5.